The molecule has 0 N–H and O–H groups in total. The predicted molar refractivity (Wildman–Crippen MR) is 102 cm³/mol. The van der Waals surface area contributed by atoms with E-state index in [4.69, 9.17) is 4.74 Å². The molecule has 142 valence electrons. The van der Waals surface area contributed by atoms with Crippen molar-refractivity contribution in [3.63, 3.8) is 0 Å². The second-order valence-electron chi connectivity index (χ2n) is 7.77. The van der Waals surface area contributed by atoms with E-state index in [1.165, 1.54) is 24.2 Å². The Morgan fingerprint density at radius 1 is 1.19 bits per heavy atom. The average molecular weight is 377 g/mol. The molecule has 0 radical (unpaired) electrons. The Hall–Kier alpha value is -1.24. The molecular formula is C20H28N2O3S. The van der Waals surface area contributed by atoms with Crippen LogP contribution in [0.1, 0.15) is 54.6 Å². The molecule has 0 unspecified atom stereocenters. The zero-order chi connectivity index (χ0) is 17.9. The first kappa shape index (κ1) is 18.1. The Morgan fingerprint density at radius 3 is 2.65 bits per heavy atom. The highest BCUT2D eigenvalue weighted by Gasteiger charge is 2.39. The van der Waals surface area contributed by atoms with Crippen molar-refractivity contribution < 1.29 is 14.3 Å². The van der Waals surface area contributed by atoms with E-state index in [0.29, 0.717) is 38.3 Å². The van der Waals surface area contributed by atoms with Gasteiger partial charge in [-0.2, -0.15) is 0 Å². The zero-order valence-electron chi connectivity index (χ0n) is 15.3. The largest absolute Gasteiger partial charge is 0.378 e. The van der Waals surface area contributed by atoms with Crippen molar-refractivity contribution in [2.24, 2.45) is 0 Å². The van der Waals surface area contributed by atoms with Crippen LogP contribution in [0.3, 0.4) is 0 Å². The molecular weight excluding hydrogens is 348 g/mol. The monoisotopic (exact) mass is 376 g/mol. The summed E-state index contributed by atoms with van der Waals surface area (Å²) in [6.45, 7) is 2.34. The maximum atomic E-state index is 13.1. The standard InChI is InChI=1S/C20H28N2O3S/c23-18(19-6-3-11-26-19)12-17-14-25-10-9-21(17)13-20(24)22(16-7-8-16)15-4-1-2-5-15/h3,6,11,15-17H,1-2,4-5,7-10,12-14H2/t17-/m0/s1. The summed E-state index contributed by atoms with van der Waals surface area (Å²) in [5.41, 5.74) is 0. The molecule has 3 aliphatic rings. The van der Waals surface area contributed by atoms with Gasteiger partial charge in [-0.1, -0.05) is 18.9 Å². The van der Waals surface area contributed by atoms with Gasteiger partial charge < -0.3 is 9.64 Å². The van der Waals surface area contributed by atoms with Crippen LogP contribution >= 0.6 is 11.3 Å². The van der Waals surface area contributed by atoms with Crippen LogP contribution < -0.4 is 0 Å². The predicted octanol–water partition coefficient (Wildman–Crippen LogP) is 2.96. The minimum atomic E-state index is 0.00642. The topological polar surface area (TPSA) is 49.9 Å². The number of hydrogen-bond acceptors (Lipinski definition) is 5. The van der Waals surface area contributed by atoms with Crippen LogP contribution in [0, 0.1) is 0 Å². The van der Waals surface area contributed by atoms with Gasteiger partial charge in [0.25, 0.3) is 0 Å². The van der Waals surface area contributed by atoms with Crippen molar-refractivity contribution in [1.82, 2.24) is 9.80 Å². The van der Waals surface area contributed by atoms with E-state index in [-0.39, 0.29) is 17.7 Å². The smallest absolute Gasteiger partial charge is 0.237 e. The number of carbonyl (C=O) groups is 2. The van der Waals surface area contributed by atoms with Gasteiger partial charge >= 0.3 is 0 Å². The number of amides is 1. The van der Waals surface area contributed by atoms with Crippen LogP contribution in [-0.2, 0) is 9.53 Å². The van der Waals surface area contributed by atoms with Gasteiger partial charge in [0.1, 0.15) is 0 Å². The molecule has 6 heteroatoms. The number of thiophene rings is 1. The van der Waals surface area contributed by atoms with Gasteiger partial charge in [-0.3, -0.25) is 14.5 Å². The fraction of sp³-hybridized carbons (Fsp3) is 0.700. The van der Waals surface area contributed by atoms with Crippen molar-refractivity contribution in [3.8, 4) is 0 Å². The normalized spacial score (nSPS) is 24.7. The van der Waals surface area contributed by atoms with Gasteiger partial charge in [-0.15, -0.1) is 11.3 Å². The van der Waals surface area contributed by atoms with Gasteiger partial charge in [0.05, 0.1) is 24.6 Å². The van der Waals surface area contributed by atoms with Gasteiger partial charge in [0.2, 0.25) is 5.91 Å². The van der Waals surface area contributed by atoms with Gasteiger partial charge in [0.15, 0.2) is 5.78 Å². The van der Waals surface area contributed by atoms with Crippen LogP contribution in [-0.4, -0.2) is 65.9 Å². The lowest BCUT2D eigenvalue weighted by Gasteiger charge is -2.37. The van der Waals surface area contributed by atoms with E-state index in [1.807, 2.05) is 17.5 Å². The molecule has 3 fully saturated rings. The van der Waals surface area contributed by atoms with E-state index in [0.717, 1.165) is 37.1 Å². The second kappa shape index (κ2) is 8.19. The Labute approximate surface area is 159 Å². The van der Waals surface area contributed by atoms with Crippen molar-refractivity contribution >= 4 is 23.0 Å². The number of Topliss-reactive ketones (excluding diaryl/α,β-unsaturated/α-hetero) is 1. The molecule has 0 spiro atoms. The second-order valence-corrected chi connectivity index (χ2v) is 8.72. The molecule has 5 nitrogen and oxygen atoms in total. The van der Waals surface area contributed by atoms with Crippen LogP contribution in [0.2, 0.25) is 0 Å². The number of ether oxygens (including phenoxy) is 1. The number of morpholine rings is 1. The highest BCUT2D eigenvalue weighted by Crippen LogP contribution is 2.34. The van der Waals surface area contributed by atoms with Gasteiger partial charge in [-0.05, 0) is 37.1 Å². The fourth-order valence-electron chi connectivity index (χ4n) is 4.33. The lowest BCUT2D eigenvalue weighted by Crippen LogP contribution is -2.52. The van der Waals surface area contributed by atoms with E-state index in [2.05, 4.69) is 9.80 Å². The molecule has 4 rings (SSSR count). The molecule has 0 bridgehead atoms. The molecule has 1 aliphatic heterocycles. The molecule has 1 aromatic rings. The minimum absolute atomic E-state index is 0.00642. The Kier molecular flexibility index (Phi) is 5.72. The maximum absolute atomic E-state index is 13.1. The molecule has 1 amide bonds. The third-order valence-corrected chi connectivity index (χ3v) is 6.76. The Balaban J connectivity index is 1.39. The molecule has 26 heavy (non-hydrogen) atoms. The van der Waals surface area contributed by atoms with Crippen molar-refractivity contribution in [1.29, 1.82) is 0 Å². The summed E-state index contributed by atoms with van der Waals surface area (Å²) in [6.07, 6.45) is 7.56. The maximum Gasteiger partial charge on any atom is 0.237 e. The lowest BCUT2D eigenvalue weighted by atomic mass is 10.1. The van der Waals surface area contributed by atoms with E-state index in [9.17, 15) is 9.59 Å². The summed E-state index contributed by atoms with van der Waals surface area (Å²) in [6, 6.07) is 4.71. The quantitative estimate of drug-likeness (QED) is 0.687. The molecule has 2 heterocycles. The number of carbonyl (C=O) groups excluding carboxylic acids is 2. The first-order valence-electron chi connectivity index (χ1n) is 9.92. The van der Waals surface area contributed by atoms with Crippen molar-refractivity contribution in [2.45, 2.75) is 63.1 Å². The Bertz CT molecular complexity index is 623. The van der Waals surface area contributed by atoms with Crippen molar-refractivity contribution in [3.05, 3.63) is 22.4 Å². The molecule has 1 atom stereocenters. The lowest BCUT2D eigenvalue weighted by molar-refractivity contribution is -0.137. The van der Waals surface area contributed by atoms with Crippen LogP contribution in [0.4, 0.5) is 0 Å². The SMILES string of the molecule is O=C(C[C@H]1COCCN1CC(=O)N(C1CCCC1)C1CC1)c1cccs1. The number of nitrogens with zero attached hydrogens (tertiary/aromatic N) is 2. The van der Waals surface area contributed by atoms with Gasteiger partial charge in [0, 0.05) is 31.1 Å². The highest BCUT2D eigenvalue weighted by atomic mass is 32.1. The first-order valence-corrected chi connectivity index (χ1v) is 10.8. The van der Waals surface area contributed by atoms with E-state index >= 15 is 0 Å². The third kappa shape index (κ3) is 4.18. The average Bonchev–Trinajstić information content (AvgIpc) is 3.11. The fourth-order valence-corrected chi connectivity index (χ4v) is 5.01. The highest BCUT2D eigenvalue weighted by molar-refractivity contribution is 7.12. The molecule has 2 aliphatic carbocycles. The van der Waals surface area contributed by atoms with Crippen LogP contribution in [0.15, 0.2) is 17.5 Å². The summed E-state index contributed by atoms with van der Waals surface area (Å²) >= 11 is 1.48. The number of ketones is 1. The van der Waals surface area contributed by atoms with Crippen molar-refractivity contribution in [2.75, 3.05) is 26.3 Å². The summed E-state index contributed by atoms with van der Waals surface area (Å²) in [4.78, 5) is 30.8. The van der Waals surface area contributed by atoms with E-state index < -0.39 is 0 Å². The zero-order valence-corrected chi connectivity index (χ0v) is 16.1. The molecule has 2 saturated carbocycles. The van der Waals surface area contributed by atoms with E-state index in [1.54, 1.807) is 0 Å². The third-order valence-electron chi connectivity index (χ3n) is 5.85. The van der Waals surface area contributed by atoms with Gasteiger partial charge in [-0.25, -0.2) is 0 Å². The summed E-state index contributed by atoms with van der Waals surface area (Å²) < 4.78 is 5.62. The number of hydrogen-bond donors (Lipinski definition) is 0. The minimum Gasteiger partial charge on any atom is -0.378 e. The molecule has 0 aromatic carbocycles. The first-order chi connectivity index (χ1) is 12.7. The molecule has 1 aromatic heterocycles. The summed E-state index contributed by atoms with van der Waals surface area (Å²) in [5.74, 6) is 0.415. The summed E-state index contributed by atoms with van der Waals surface area (Å²) in [7, 11) is 0. The number of rotatable bonds is 7. The summed E-state index contributed by atoms with van der Waals surface area (Å²) in [5, 5.41) is 1.93. The van der Waals surface area contributed by atoms with Crippen LogP contribution in [0.25, 0.3) is 0 Å². The molecule has 1 saturated heterocycles. The Morgan fingerprint density at radius 2 is 1.96 bits per heavy atom. The van der Waals surface area contributed by atoms with Crippen LogP contribution in [0.5, 0.6) is 0 Å².